The molecule has 0 bridgehead atoms. The largest absolute Gasteiger partial charge is 0.329 e. The zero-order valence-corrected chi connectivity index (χ0v) is 12.6. The molecule has 0 atom stereocenters. The molecule has 1 aromatic heterocycles. The lowest BCUT2D eigenvalue weighted by molar-refractivity contribution is 0.184. The number of H-pyrrole nitrogens is 1. The molecule has 1 aliphatic rings. The van der Waals surface area contributed by atoms with Crippen molar-refractivity contribution in [1.29, 1.82) is 5.26 Å². The van der Waals surface area contributed by atoms with Crippen molar-refractivity contribution in [3.8, 4) is 6.07 Å². The van der Waals surface area contributed by atoms with Gasteiger partial charge in [-0.15, -0.1) is 0 Å². The molecule has 0 saturated heterocycles. The molecule has 20 heavy (non-hydrogen) atoms. The summed E-state index contributed by atoms with van der Waals surface area (Å²) in [5.41, 5.74) is 2.93. The standard InChI is InChI=1S/C16H19N3S/c1-16(8-3-2-4-9-16)11-19-13-7-5-6-12(10-17)14(13)18-15(19)20/h5-7H,2-4,8-9,11H2,1H3,(H,18,20). The third kappa shape index (κ3) is 2.27. The number of aromatic nitrogens is 2. The number of aromatic amines is 1. The van der Waals surface area contributed by atoms with Gasteiger partial charge in [0, 0.05) is 6.54 Å². The van der Waals surface area contributed by atoms with Crippen LogP contribution in [0.2, 0.25) is 0 Å². The van der Waals surface area contributed by atoms with Gasteiger partial charge in [0.15, 0.2) is 4.77 Å². The maximum Gasteiger partial charge on any atom is 0.178 e. The number of nitrogens with one attached hydrogen (secondary N) is 1. The predicted molar refractivity (Wildman–Crippen MR) is 83.0 cm³/mol. The summed E-state index contributed by atoms with van der Waals surface area (Å²) in [6.45, 7) is 3.31. The van der Waals surface area contributed by atoms with Crippen LogP contribution in [0, 0.1) is 21.5 Å². The number of fused-ring (bicyclic) bond motifs is 1. The van der Waals surface area contributed by atoms with Gasteiger partial charge in [-0.1, -0.05) is 32.3 Å². The summed E-state index contributed by atoms with van der Waals surface area (Å²) in [4.78, 5) is 3.21. The Labute approximate surface area is 124 Å². The van der Waals surface area contributed by atoms with Gasteiger partial charge in [-0.25, -0.2) is 0 Å². The number of rotatable bonds is 2. The third-order valence-electron chi connectivity index (χ3n) is 4.53. The summed E-state index contributed by atoms with van der Waals surface area (Å²) in [6, 6.07) is 8.05. The summed E-state index contributed by atoms with van der Waals surface area (Å²) < 4.78 is 2.91. The van der Waals surface area contributed by atoms with Gasteiger partial charge in [-0.05, 0) is 42.6 Å². The average molecular weight is 285 g/mol. The summed E-state index contributed by atoms with van der Waals surface area (Å²) in [6.07, 6.45) is 6.51. The molecule has 0 radical (unpaired) electrons. The van der Waals surface area contributed by atoms with Crippen LogP contribution in [0.25, 0.3) is 11.0 Å². The van der Waals surface area contributed by atoms with Crippen molar-refractivity contribution in [2.75, 3.05) is 0 Å². The quantitative estimate of drug-likeness (QED) is 0.823. The Kier molecular flexibility index (Phi) is 3.39. The van der Waals surface area contributed by atoms with E-state index in [0.717, 1.165) is 22.3 Å². The molecule has 4 heteroatoms. The lowest BCUT2D eigenvalue weighted by atomic mass is 9.75. The molecule has 3 nitrogen and oxygen atoms in total. The summed E-state index contributed by atoms with van der Waals surface area (Å²) in [5, 5.41) is 9.19. The zero-order chi connectivity index (χ0) is 14.2. The third-order valence-corrected chi connectivity index (χ3v) is 4.85. The smallest absolute Gasteiger partial charge is 0.178 e. The van der Waals surface area contributed by atoms with Crippen LogP contribution in [0.1, 0.15) is 44.6 Å². The maximum atomic E-state index is 9.19. The normalized spacial score (nSPS) is 18.0. The second-order valence-electron chi connectivity index (χ2n) is 6.20. The first kappa shape index (κ1) is 13.4. The topological polar surface area (TPSA) is 44.5 Å². The number of hydrogen-bond acceptors (Lipinski definition) is 2. The highest BCUT2D eigenvalue weighted by atomic mass is 32.1. The van der Waals surface area contributed by atoms with E-state index in [4.69, 9.17) is 12.2 Å². The van der Waals surface area contributed by atoms with E-state index in [-0.39, 0.29) is 0 Å². The van der Waals surface area contributed by atoms with Gasteiger partial charge in [0.25, 0.3) is 0 Å². The van der Waals surface area contributed by atoms with E-state index < -0.39 is 0 Å². The number of hydrogen-bond donors (Lipinski definition) is 1. The lowest BCUT2D eigenvalue weighted by Gasteiger charge is -2.34. The fraction of sp³-hybridized carbons (Fsp3) is 0.500. The maximum absolute atomic E-state index is 9.19. The van der Waals surface area contributed by atoms with Gasteiger partial charge in [0.2, 0.25) is 0 Å². The molecule has 0 unspecified atom stereocenters. The molecule has 0 amide bonds. The van der Waals surface area contributed by atoms with Crippen molar-refractivity contribution in [3.63, 3.8) is 0 Å². The highest BCUT2D eigenvalue weighted by Gasteiger charge is 2.28. The first-order chi connectivity index (χ1) is 9.63. The van der Waals surface area contributed by atoms with Crippen molar-refractivity contribution in [2.45, 2.75) is 45.6 Å². The monoisotopic (exact) mass is 285 g/mol. The molecule has 3 rings (SSSR count). The van der Waals surface area contributed by atoms with Gasteiger partial charge in [-0.2, -0.15) is 5.26 Å². The van der Waals surface area contributed by atoms with E-state index in [1.165, 1.54) is 32.1 Å². The van der Waals surface area contributed by atoms with Gasteiger partial charge in [-0.3, -0.25) is 0 Å². The minimum Gasteiger partial charge on any atom is -0.329 e. The number of benzene rings is 1. The number of imidazole rings is 1. The van der Waals surface area contributed by atoms with Crippen LogP contribution in [-0.2, 0) is 6.54 Å². The Bertz CT molecular complexity index is 726. The second kappa shape index (κ2) is 5.06. The molecule has 1 fully saturated rings. The van der Waals surface area contributed by atoms with E-state index in [9.17, 15) is 5.26 Å². The molecule has 2 aromatic rings. The minimum atomic E-state index is 0.328. The Hall–Kier alpha value is -1.60. The lowest BCUT2D eigenvalue weighted by Crippen LogP contribution is -2.26. The van der Waals surface area contributed by atoms with Crippen molar-refractivity contribution >= 4 is 23.3 Å². The van der Waals surface area contributed by atoms with Gasteiger partial charge in [0.1, 0.15) is 6.07 Å². The van der Waals surface area contributed by atoms with Crippen molar-refractivity contribution < 1.29 is 0 Å². The van der Waals surface area contributed by atoms with Crippen LogP contribution in [0.3, 0.4) is 0 Å². The number of nitrogens with zero attached hydrogens (tertiary/aromatic N) is 2. The van der Waals surface area contributed by atoms with E-state index in [1.54, 1.807) is 0 Å². The molecule has 1 aliphatic carbocycles. The van der Waals surface area contributed by atoms with Gasteiger partial charge < -0.3 is 9.55 Å². The molecular formula is C16H19N3S. The predicted octanol–water partition coefficient (Wildman–Crippen LogP) is 4.54. The highest BCUT2D eigenvalue weighted by Crippen LogP contribution is 2.38. The van der Waals surface area contributed by atoms with Crippen LogP contribution < -0.4 is 0 Å². The molecule has 1 aromatic carbocycles. The van der Waals surface area contributed by atoms with Crippen LogP contribution in [0.15, 0.2) is 18.2 Å². The molecular weight excluding hydrogens is 266 g/mol. The van der Waals surface area contributed by atoms with Crippen LogP contribution in [0.4, 0.5) is 0 Å². The summed E-state index contributed by atoms with van der Waals surface area (Å²) in [7, 11) is 0. The summed E-state index contributed by atoms with van der Waals surface area (Å²) in [5.74, 6) is 0. The van der Waals surface area contributed by atoms with E-state index in [0.29, 0.717) is 11.0 Å². The molecule has 0 aliphatic heterocycles. The number of nitriles is 1. The fourth-order valence-corrected chi connectivity index (χ4v) is 3.64. The van der Waals surface area contributed by atoms with Crippen molar-refractivity contribution in [2.24, 2.45) is 5.41 Å². The van der Waals surface area contributed by atoms with Gasteiger partial charge >= 0.3 is 0 Å². The van der Waals surface area contributed by atoms with Gasteiger partial charge in [0.05, 0.1) is 16.6 Å². The Morgan fingerprint density at radius 1 is 1.35 bits per heavy atom. The molecule has 0 spiro atoms. The average Bonchev–Trinajstić information content (AvgIpc) is 2.75. The van der Waals surface area contributed by atoms with Crippen LogP contribution in [-0.4, -0.2) is 9.55 Å². The Balaban J connectivity index is 2.06. The Morgan fingerprint density at radius 3 is 2.80 bits per heavy atom. The zero-order valence-electron chi connectivity index (χ0n) is 11.8. The van der Waals surface area contributed by atoms with E-state index in [1.807, 2.05) is 12.1 Å². The molecule has 1 saturated carbocycles. The van der Waals surface area contributed by atoms with Crippen molar-refractivity contribution in [3.05, 3.63) is 28.5 Å². The van der Waals surface area contributed by atoms with Crippen molar-refractivity contribution in [1.82, 2.24) is 9.55 Å². The van der Waals surface area contributed by atoms with E-state index >= 15 is 0 Å². The number of para-hydroxylation sites is 1. The van der Waals surface area contributed by atoms with Crippen LogP contribution in [0.5, 0.6) is 0 Å². The highest BCUT2D eigenvalue weighted by molar-refractivity contribution is 7.71. The first-order valence-corrected chi connectivity index (χ1v) is 7.65. The first-order valence-electron chi connectivity index (χ1n) is 7.25. The fourth-order valence-electron chi connectivity index (χ4n) is 3.38. The summed E-state index contributed by atoms with van der Waals surface area (Å²) >= 11 is 5.48. The molecule has 1 heterocycles. The SMILES string of the molecule is CC1(Cn2c(=S)[nH]c3c(C#N)cccc32)CCCCC1. The molecule has 104 valence electrons. The Morgan fingerprint density at radius 2 is 2.10 bits per heavy atom. The van der Waals surface area contributed by atoms with E-state index in [2.05, 4.69) is 28.6 Å². The second-order valence-corrected chi connectivity index (χ2v) is 6.59. The molecule has 1 N–H and O–H groups in total. The minimum absolute atomic E-state index is 0.328. The van der Waals surface area contributed by atoms with Crippen LogP contribution >= 0.6 is 12.2 Å².